The number of hydrazine groups is 1. The van der Waals surface area contributed by atoms with Crippen molar-refractivity contribution in [2.75, 3.05) is 6.61 Å². The lowest BCUT2D eigenvalue weighted by atomic mass is 10.2. The number of aliphatic carboxylic acids is 1. The van der Waals surface area contributed by atoms with E-state index in [0.717, 1.165) is 0 Å². The third kappa shape index (κ3) is 7.44. The minimum Gasteiger partial charge on any atom is -0.480 e. The van der Waals surface area contributed by atoms with Crippen LogP contribution in [0.3, 0.4) is 0 Å². The Balaban J connectivity index is 3.88. The molecule has 3 N–H and O–H groups in total. The van der Waals surface area contributed by atoms with Crippen molar-refractivity contribution in [3.05, 3.63) is 0 Å². The van der Waals surface area contributed by atoms with Gasteiger partial charge in [-0.2, -0.15) is 0 Å². The summed E-state index contributed by atoms with van der Waals surface area (Å²) in [6, 6.07) is -0.978. The van der Waals surface area contributed by atoms with Crippen LogP contribution in [-0.2, 0) is 19.1 Å². The number of hydrogen-bond acceptors (Lipinski definition) is 5. The molecule has 7 nitrogen and oxygen atoms in total. The predicted molar refractivity (Wildman–Crippen MR) is 49.6 cm³/mol. The van der Waals surface area contributed by atoms with E-state index in [0.29, 0.717) is 0 Å². The minimum absolute atomic E-state index is 0.0150. The molecule has 0 aromatic heterocycles. The fourth-order valence-electron chi connectivity index (χ4n) is 0.767. The molecule has 86 valence electrons. The first kappa shape index (κ1) is 13.4. The van der Waals surface area contributed by atoms with Gasteiger partial charge in [-0.1, -0.05) is 0 Å². The maximum Gasteiger partial charge on any atom is 0.322 e. The van der Waals surface area contributed by atoms with Gasteiger partial charge in [0.25, 0.3) is 0 Å². The Morgan fingerprint density at radius 3 is 2.33 bits per heavy atom. The molecule has 0 aliphatic heterocycles. The van der Waals surface area contributed by atoms with Gasteiger partial charge in [0.05, 0.1) is 6.61 Å². The monoisotopic (exact) mass is 218 g/mol. The van der Waals surface area contributed by atoms with Gasteiger partial charge in [-0.3, -0.25) is 19.8 Å². The van der Waals surface area contributed by atoms with Crippen molar-refractivity contribution in [2.24, 2.45) is 0 Å². The highest BCUT2D eigenvalue weighted by Gasteiger charge is 2.17. The van der Waals surface area contributed by atoms with Gasteiger partial charge in [0.2, 0.25) is 5.91 Å². The Kier molecular flexibility index (Phi) is 6.03. The quantitative estimate of drug-likeness (QED) is 0.391. The molecule has 0 heterocycles. The standard InChI is InChI=1S/C8H14N2O5/c1-5(11)9-10-7(8(13)14)3-4-15-6(2)12/h7,10H,3-4H2,1-2H3,(H,9,11)(H,13,14)/t7-/m1/s1. The molecule has 7 heteroatoms. The molecule has 0 aromatic rings. The number of carbonyl (C=O) groups is 3. The Labute approximate surface area is 86.8 Å². The summed E-state index contributed by atoms with van der Waals surface area (Å²) >= 11 is 0. The Morgan fingerprint density at radius 2 is 1.93 bits per heavy atom. The molecule has 0 aliphatic rings. The summed E-state index contributed by atoms with van der Waals surface area (Å²) < 4.78 is 4.57. The van der Waals surface area contributed by atoms with E-state index in [9.17, 15) is 14.4 Å². The molecule has 0 radical (unpaired) electrons. The van der Waals surface area contributed by atoms with Gasteiger partial charge >= 0.3 is 11.9 Å². The number of nitrogens with one attached hydrogen (secondary N) is 2. The summed E-state index contributed by atoms with van der Waals surface area (Å²) in [4.78, 5) is 31.5. The number of carboxylic acid groups (broad SMARTS) is 1. The lowest BCUT2D eigenvalue weighted by Crippen LogP contribution is -2.47. The molecule has 0 aliphatic carbocycles. The largest absolute Gasteiger partial charge is 0.480 e. The average molecular weight is 218 g/mol. The van der Waals surface area contributed by atoms with Crippen LogP contribution in [0.4, 0.5) is 0 Å². The van der Waals surface area contributed by atoms with E-state index in [-0.39, 0.29) is 13.0 Å². The van der Waals surface area contributed by atoms with Gasteiger partial charge in [0.1, 0.15) is 6.04 Å². The van der Waals surface area contributed by atoms with E-state index in [1.54, 1.807) is 0 Å². The van der Waals surface area contributed by atoms with Gasteiger partial charge in [-0.25, -0.2) is 5.43 Å². The first-order valence-corrected chi connectivity index (χ1v) is 4.31. The topological polar surface area (TPSA) is 105 Å². The third-order valence-corrected chi connectivity index (χ3v) is 1.43. The minimum atomic E-state index is -1.13. The van der Waals surface area contributed by atoms with Crippen LogP contribution in [0.1, 0.15) is 20.3 Å². The van der Waals surface area contributed by atoms with E-state index in [4.69, 9.17) is 5.11 Å². The Hall–Kier alpha value is -1.63. The zero-order valence-electron chi connectivity index (χ0n) is 8.57. The molecule has 0 rings (SSSR count). The highest BCUT2D eigenvalue weighted by Crippen LogP contribution is 1.92. The van der Waals surface area contributed by atoms with Crippen molar-refractivity contribution in [2.45, 2.75) is 26.3 Å². The van der Waals surface area contributed by atoms with Crippen molar-refractivity contribution in [1.29, 1.82) is 0 Å². The van der Waals surface area contributed by atoms with Crippen LogP contribution in [0.5, 0.6) is 0 Å². The van der Waals surface area contributed by atoms with E-state index in [1.165, 1.54) is 13.8 Å². The van der Waals surface area contributed by atoms with Crippen LogP contribution in [0.2, 0.25) is 0 Å². The van der Waals surface area contributed by atoms with Gasteiger partial charge < -0.3 is 9.84 Å². The van der Waals surface area contributed by atoms with Crippen molar-refractivity contribution in [1.82, 2.24) is 10.9 Å². The van der Waals surface area contributed by atoms with Crippen molar-refractivity contribution < 1.29 is 24.2 Å². The molecule has 0 bridgehead atoms. The SMILES string of the molecule is CC(=O)NN[C@H](CCOC(C)=O)C(=O)O. The average Bonchev–Trinajstić information content (AvgIpc) is 2.09. The van der Waals surface area contributed by atoms with Crippen LogP contribution in [0, 0.1) is 0 Å². The van der Waals surface area contributed by atoms with Gasteiger partial charge in [-0.15, -0.1) is 0 Å². The lowest BCUT2D eigenvalue weighted by molar-refractivity contribution is -0.145. The predicted octanol–water partition coefficient (Wildman–Crippen LogP) is -0.966. The van der Waals surface area contributed by atoms with E-state index in [2.05, 4.69) is 15.6 Å². The summed E-state index contributed by atoms with van der Waals surface area (Å²) in [5.41, 5.74) is 4.46. The molecular weight excluding hydrogens is 204 g/mol. The second-order valence-electron chi connectivity index (χ2n) is 2.85. The molecule has 0 saturated carbocycles. The van der Waals surface area contributed by atoms with Crippen LogP contribution in [-0.4, -0.2) is 35.6 Å². The number of ether oxygens (including phenoxy) is 1. The van der Waals surface area contributed by atoms with Crippen LogP contribution in [0.25, 0.3) is 0 Å². The van der Waals surface area contributed by atoms with Crippen molar-refractivity contribution >= 4 is 17.8 Å². The zero-order chi connectivity index (χ0) is 11.8. The Morgan fingerprint density at radius 1 is 1.33 bits per heavy atom. The normalized spacial score (nSPS) is 11.6. The van der Waals surface area contributed by atoms with Crippen LogP contribution in [0.15, 0.2) is 0 Å². The highest BCUT2D eigenvalue weighted by atomic mass is 16.5. The van der Waals surface area contributed by atoms with E-state index < -0.39 is 23.9 Å². The third-order valence-electron chi connectivity index (χ3n) is 1.43. The summed E-state index contributed by atoms with van der Waals surface area (Å²) in [7, 11) is 0. The van der Waals surface area contributed by atoms with Crippen LogP contribution < -0.4 is 10.9 Å². The molecule has 1 atom stereocenters. The number of hydrogen-bond donors (Lipinski definition) is 3. The second-order valence-corrected chi connectivity index (χ2v) is 2.85. The molecule has 0 aromatic carbocycles. The first-order chi connectivity index (χ1) is 6.93. The van der Waals surface area contributed by atoms with Crippen molar-refractivity contribution in [3.63, 3.8) is 0 Å². The molecule has 0 saturated heterocycles. The second kappa shape index (κ2) is 6.77. The fraction of sp³-hybridized carbons (Fsp3) is 0.625. The number of rotatable bonds is 6. The number of amides is 1. The molecule has 1 amide bonds. The maximum absolute atomic E-state index is 10.6. The summed E-state index contributed by atoms with van der Waals surface area (Å²) in [6.45, 7) is 2.47. The van der Waals surface area contributed by atoms with Crippen molar-refractivity contribution in [3.8, 4) is 0 Å². The number of carbonyl (C=O) groups excluding carboxylic acids is 2. The molecule has 0 spiro atoms. The Bertz CT molecular complexity index is 253. The summed E-state index contributed by atoms with van der Waals surface area (Å²) in [6.07, 6.45) is 0.0786. The smallest absolute Gasteiger partial charge is 0.322 e. The summed E-state index contributed by atoms with van der Waals surface area (Å²) in [5.74, 6) is -2.00. The molecule has 15 heavy (non-hydrogen) atoms. The molecule has 0 fully saturated rings. The first-order valence-electron chi connectivity index (χ1n) is 4.31. The highest BCUT2D eigenvalue weighted by molar-refractivity contribution is 5.75. The molecule has 0 unspecified atom stereocenters. The lowest BCUT2D eigenvalue weighted by Gasteiger charge is -2.13. The maximum atomic E-state index is 10.6. The van der Waals surface area contributed by atoms with E-state index in [1.807, 2.05) is 0 Å². The van der Waals surface area contributed by atoms with Gasteiger partial charge in [0, 0.05) is 20.3 Å². The van der Waals surface area contributed by atoms with Gasteiger partial charge in [0.15, 0.2) is 0 Å². The van der Waals surface area contributed by atoms with Gasteiger partial charge in [-0.05, 0) is 0 Å². The van der Waals surface area contributed by atoms with E-state index >= 15 is 0 Å². The van der Waals surface area contributed by atoms with Crippen LogP contribution >= 0.6 is 0 Å². The number of carboxylic acids is 1. The molecular formula is C8H14N2O5. The summed E-state index contributed by atoms with van der Waals surface area (Å²) in [5, 5.41) is 8.70. The fourth-order valence-corrected chi connectivity index (χ4v) is 0.767. The number of esters is 1. The zero-order valence-corrected chi connectivity index (χ0v) is 8.57.